The Labute approximate surface area is 197 Å². The molecule has 7 nitrogen and oxygen atoms in total. The third-order valence-corrected chi connectivity index (χ3v) is 6.94. The molecule has 1 heterocycles. The molecule has 0 unspecified atom stereocenters. The van der Waals surface area contributed by atoms with Gasteiger partial charge in [-0.3, -0.25) is 9.52 Å². The van der Waals surface area contributed by atoms with Gasteiger partial charge in [0.05, 0.1) is 23.0 Å². The molecule has 0 atom stereocenters. The number of halogens is 3. The lowest BCUT2D eigenvalue weighted by molar-refractivity contribution is 0.0785. The summed E-state index contributed by atoms with van der Waals surface area (Å²) in [7, 11) is -2.74. The molecule has 0 radical (unpaired) electrons. The summed E-state index contributed by atoms with van der Waals surface area (Å²) in [5.74, 6) is -2.12. The summed E-state index contributed by atoms with van der Waals surface area (Å²) in [5, 5.41) is 0.199. The van der Waals surface area contributed by atoms with Crippen LogP contribution in [0.2, 0.25) is 5.02 Å². The van der Waals surface area contributed by atoms with E-state index in [1.165, 1.54) is 48.3 Å². The fourth-order valence-electron chi connectivity index (χ4n) is 3.17. The normalized spacial score (nSPS) is 11.5. The Morgan fingerprint density at radius 2 is 1.91 bits per heavy atom. The molecule has 0 aliphatic carbocycles. The molecular weight excluding hydrogens is 494 g/mol. The molecule has 33 heavy (non-hydrogen) atoms. The Hall–Kier alpha value is -3.15. The van der Waals surface area contributed by atoms with E-state index in [1.807, 2.05) is 0 Å². The SMILES string of the molecule is CN(Cc1ccc(F)cc1F)C(=O)c1ccc(Cl)cc1NS(=O)(=O)c1cccc2nsnc12. The van der Waals surface area contributed by atoms with Crippen molar-refractivity contribution in [3.63, 3.8) is 0 Å². The van der Waals surface area contributed by atoms with Crippen LogP contribution in [0.3, 0.4) is 0 Å². The van der Waals surface area contributed by atoms with Gasteiger partial charge in [0.2, 0.25) is 0 Å². The average molecular weight is 509 g/mol. The van der Waals surface area contributed by atoms with Gasteiger partial charge in [-0.2, -0.15) is 8.75 Å². The number of anilines is 1. The standard InChI is InChI=1S/C21H15ClF2N4O3S2/c1-28(11-12-5-7-14(23)10-16(12)24)21(29)15-8-6-13(22)9-18(15)27-33(30,31)19-4-2-3-17-20(19)26-32-25-17/h2-10,27H,11H2,1H3. The van der Waals surface area contributed by atoms with E-state index in [2.05, 4.69) is 13.5 Å². The van der Waals surface area contributed by atoms with E-state index in [0.717, 1.165) is 23.9 Å². The molecule has 12 heteroatoms. The lowest BCUT2D eigenvalue weighted by Crippen LogP contribution is -2.28. The number of hydrogen-bond acceptors (Lipinski definition) is 6. The molecule has 0 spiro atoms. The van der Waals surface area contributed by atoms with Crippen LogP contribution in [-0.2, 0) is 16.6 Å². The number of hydrogen-bond donors (Lipinski definition) is 1. The summed E-state index contributed by atoms with van der Waals surface area (Å²) in [6, 6.07) is 11.7. The lowest BCUT2D eigenvalue weighted by Gasteiger charge is -2.20. The second-order valence-electron chi connectivity index (χ2n) is 7.08. The number of carbonyl (C=O) groups is 1. The van der Waals surface area contributed by atoms with E-state index in [0.29, 0.717) is 5.52 Å². The second kappa shape index (κ2) is 9.00. The van der Waals surface area contributed by atoms with Crippen molar-refractivity contribution in [2.24, 2.45) is 0 Å². The number of nitrogens with one attached hydrogen (secondary N) is 1. The van der Waals surface area contributed by atoms with Gasteiger partial charge < -0.3 is 4.90 Å². The van der Waals surface area contributed by atoms with Gasteiger partial charge in [-0.05, 0) is 36.4 Å². The summed E-state index contributed by atoms with van der Waals surface area (Å²) in [6.07, 6.45) is 0. The van der Waals surface area contributed by atoms with Crippen LogP contribution in [0.15, 0.2) is 59.5 Å². The van der Waals surface area contributed by atoms with Gasteiger partial charge in [-0.1, -0.05) is 23.7 Å². The number of aromatic nitrogens is 2. The van der Waals surface area contributed by atoms with Crippen LogP contribution < -0.4 is 4.72 Å². The third-order valence-electron chi connectivity index (χ3n) is 4.76. The summed E-state index contributed by atoms with van der Waals surface area (Å²) in [4.78, 5) is 14.2. The first-order valence-corrected chi connectivity index (χ1v) is 12.0. The predicted molar refractivity (Wildman–Crippen MR) is 122 cm³/mol. The summed E-state index contributed by atoms with van der Waals surface area (Å²) >= 11 is 6.93. The first kappa shape index (κ1) is 23.0. The number of rotatable bonds is 6. The Bertz CT molecular complexity index is 1480. The van der Waals surface area contributed by atoms with E-state index in [9.17, 15) is 22.0 Å². The molecule has 4 rings (SSSR count). The van der Waals surface area contributed by atoms with Gasteiger partial charge in [0, 0.05) is 30.2 Å². The van der Waals surface area contributed by atoms with Crippen molar-refractivity contribution in [1.82, 2.24) is 13.6 Å². The number of carbonyl (C=O) groups excluding carboxylic acids is 1. The molecule has 1 amide bonds. The lowest BCUT2D eigenvalue weighted by atomic mass is 10.1. The molecule has 0 saturated heterocycles. The van der Waals surface area contributed by atoms with Gasteiger partial charge in [0.25, 0.3) is 15.9 Å². The smallest absolute Gasteiger partial charge is 0.264 e. The maximum absolute atomic E-state index is 14.0. The zero-order chi connectivity index (χ0) is 23.8. The fourth-order valence-corrected chi connectivity index (χ4v) is 5.18. The van der Waals surface area contributed by atoms with Crippen molar-refractivity contribution in [3.05, 3.63) is 82.4 Å². The van der Waals surface area contributed by atoms with Gasteiger partial charge in [-0.25, -0.2) is 17.2 Å². The molecule has 1 aromatic heterocycles. The van der Waals surface area contributed by atoms with Gasteiger partial charge in [0.1, 0.15) is 27.6 Å². The Morgan fingerprint density at radius 1 is 1.12 bits per heavy atom. The van der Waals surface area contributed by atoms with Crippen LogP contribution in [0.25, 0.3) is 11.0 Å². The minimum atomic E-state index is -4.16. The zero-order valence-electron chi connectivity index (χ0n) is 16.9. The van der Waals surface area contributed by atoms with E-state index in [-0.39, 0.29) is 38.8 Å². The number of fused-ring (bicyclic) bond motifs is 1. The van der Waals surface area contributed by atoms with Crippen LogP contribution >= 0.6 is 23.3 Å². The maximum Gasteiger partial charge on any atom is 0.264 e. The van der Waals surface area contributed by atoms with Gasteiger partial charge >= 0.3 is 0 Å². The Balaban J connectivity index is 1.66. The van der Waals surface area contributed by atoms with Crippen LogP contribution in [0.4, 0.5) is 14.5 Å². The van der Waals surface area contributed by atoms with Crippen molar-refractivity contribution >= 4 is 56.0 Å². The molecule has 0 aliphatic rings. The largest absolute Gasteiger partial charge is 0.337 e. The molecule has 0 fully saturated rings. The summed E-state index contributed by atoms with van der Waals surface area (Å²) in [6.45, 7) is -0.163. The highest BCUT2D eigenvalue weighted by atomic mass is 35.5. The summed E-state index contributed by atoms with van der Waals surface area (Å²) in [5.41, 5.74) is 0.668. The minimum Gasteiger partial charge on any atom is -0.337 e. The molecular formula is C21H15ClF2N4O3S2. The third kappa shape index (κ3) is 4.80. The Morgan fingerprint density at radius 3 is 2.67 bits per heavy atom. The van der Waals surface area contributed by atoms with Crippen molar-refractivity contribution < 1.29 is 22.0 Å². The topological polar surface area (TPSA) is 92.3 Å². The zero-order valence-corrected chi connectivity index (χ0v) is 19.3. The second-order valence-corrected chi connectivity index (χ2v) is 9.70. The van der Waals surface area contributed by atoms with E-state index in [1.54, 1.807) is 6.07 Å². The monoisotopic (exact) mass is 508 g/mol. The van der Waals surface area contributed by atoms with Crippen LogP contribution in [-0.4, -0.2) is 35.0 Å². The number of amides is 1. The van der Waals surface area contributed by atoms with Crippen molar-refractivity contribution in [2.75, 3.05) is 11.8 Å². The van der Waals surface area contributed by atoms with Crippen molar-refractivity contribution in [3.8, 4) is 0 Å². The van der Waals surface area contributed by atoms with E-state index >= 15 is 0 Å². The molecule has 4 aromatic rings. The summed E-state index contributed by atoms with van der Waals surface area (Å²) < 4.78 is 63.9. The van der Waals surface area contributed by atoms with Gasteiger partial charge in [0.15, 0.2) is 0 Å². The predicted octanol–water partition coefficient (Wildman–Crippen LogP) is 4.70. The maximum atomic E-state index is 14.0. The number of sulfonamides is 1. The molecule has 170 valence electrons. The van der Waals surface area contributed by atoms with E-state index < -0.39 is 27.6 Å². The van der Waals surface area contributed by atoms with Crippen LogP contribution in [0, 0.1) is 11.6 Å². The highest BCUT2D eigenvalue weighted by molar-refractivity contribution is 7.93. The van der Waals surface area contributed by atoms with Crippen molar-refractivity contribution in [1.29, 1.82) is 0 Å². The highest BCUT2D eigenvalue weighted by Crippen LogP contribution is 2.28. The quantitative estimate of drug-likeness (QED) is 0.407. The van der Waals surface area contributed by atoms with E-state index in [4.69, 9.17) is 11.6 Å². The van der Waals surface area contributed by atoms with Crippen LogP contribution in [0.5, 0.6) is 0 Å². The first-order valence-electron chi connectivity index (χ1n) is 9.39. The molecule has 3 aromatic carbocycles. The number of nitrogens with zero attached hydrogens (tertiary/aromatic N) is 3. The Kier molecular flexibility index (Phi) is 6.28. The number of benzene rings is 3. The van der Waals surface area contributed by atoms with Crippen LogP contribution in [0.1, 0.15) is 15.9 Å². The fraction of sp³-hybridized carbons (Fsp3) is 0.0952. The molecule has 0 aliphatic heterocycles. The van der Waals surface area contributed by atoms with Gasteiger partial charge in [-0.15, -0.1) is 0 Å². The van der Waals surface area contributed by atoms with Crippen molar-refractivity contribution in [2.45, 2.75) is 11.4 Å². The molecule has 1 N–H and O–H groups in total. The highest BCUT2D eigenvalue weighted by Gasteiger charge is 2.24. The molecule has 0 saturated carbocycles. The first-order chi connectivity index (χ1) is 15.7. The molecule has 0 bridgehead atoms. The average Bonchev–Trinajstić information content (AvgIpc) is 3.24. The minimum absolute atomic E-state index is 0.00317.